The minimum absolute atomic E-state index is 0.00371. The van der Waals surface area contributed by atoms with Gasteiger partial charge in [-0.05, 0) is 37.0 Å². The number of carbonyl (C=O) groups excluding carboxylic acids is 1. The minimum Gasteiger partial charge on any atom is -0.504 e. The standard InChI is InChI=1S/C20H31NO5/c22-17-12-10-16(15-18(17)23)11-13-19(24)21-14-8-6-4-2-1-3-5-7-9-20(25)26/h10,12,15,22-23H,1-9,11,13-14H2,(H,21,24)(H,25,26). The molecule has 0 aliphatic rings. The van der Waals surface area contributed by atoms with Crippen LogP contribution in [0.2, 0.25) is 0 Å². The summed E-state index contributed by atoms with van der Waals surface area (Å²) in [6, 6.07) is 4.60. The largest absolute Gasteiger partial charge is 0.504 e. The van der Waals surface area contributed by atoms with Gasteiger partial charge in [0, 0.05) is 19.4 Å². The zero-order valence-corrected chi connectivity index (χ0v) is 15.4. The maximum atomic E-state index is 11.8. The second-order valence-electron chi connectivity index (χ2n) is 6.65. The van der Waals surface area contributed by atoms with Crippen molar-refractivity contribution < 1.29 is 24.9 Å². The van der Waals surface area contributed by atoms with Crippen molar-refractivity contribution in [2.45, 2.75) is 70.6 Å². The van der Waals surface area contributed by atoms with Crippen molar-refractivity contribution >= 4 is 11.9 Å². The summed E-state index contributed by atoms with van der Waals surface area (Å²) in [7, 11) is 0. The van der Waals surface area contributed by atoms with Crippen LogP contribution in [0.25, 0.3) is 0 Å². The van der Waals surface area contributed by atoms with Gasteiger partial charge in [-0.2, -0.15) is 0 Å². The summed E-state index contributed by atoms with van der Waals surface area (Å²) in [5.41, 5.74) is 0.818. The smallest absolute Gasteiger partial charge is 0.303 e. The van der Waals surface area contributed by atoms with Crippen molar-refractivity contribution in [1.82, 2.24) is 5.32 Å². The molecule has 0 aliphatic heterocycles. The number of nitrogens with one attached hydrogen (secondary N) is 1. The summed E-state index contributed by atoms with van der Waals surface area (Å²) in [4.78, 5) is 22.2. The van der Waals surface area contributed by atoms with Gasteiger partial charge in [-0.3, -0.25) is 9.59 Å². The van der Waals surface area contributed by atoms with Crippen molar-refractivity contribution in [2.24, 2.45) is 0 Å². The van der Waals surface area contributed by atoms with Gasteiger partial charge in [-0.15, -0.1) is 0 Å². The minimum atomic E-state index is -0.715. The van der Waals surface area contributed by atoms with Gasteiger partial charge < -0.3 is 20.6 Å². The Hall–Kier alpha value is -2.24. The maximum Gasteiger partial charge on any atom is 0.303 e. The molecule has 0 unspecified atom stereocenters. The van der Waals surface area contributed by atoms with E-state index in [0.29, 0.717) is 19.4 Å². The third-order valence-electron chi connectivity index (χ3n) is 4.32. The van der Waals surface area contributed by atoms with Gasteiger partial charge in [-0.25, -0.2) is 0 Å². The van der Waals surface area contributed by atoms with Crippen LogP contribution in [0, 0.1) is 0 Å². The van der Waals surface area contributed by atoms with Crippen LogP contribution in [0.4, 0.5) is 0 Å². The lowest BCUT2D eigenvalue weighted by atomic mass is 10.1. The van der Waals surface area contributed by atoms with Crippen LogP contribution >= 0.6 is 0 Å². The SMILES string of the molecule is O=C(O)CCCCCCCCCCNC(=O)CCc1ccc(O)c(O)c1. The van der Waals surface area contributed by atoms with Gasteiger partial charge in [0.2, 0.25) is 5.91 Å². The quantitative estimate of drug-likeness (QED) is 0.297. The number of phenols is 2. The number of amides is 1. The van der Waals surface area contributed by atoms with Gasteiger partial charge in [0.05, 0.1) is 0 Å². The molecule has 0 saturated carbocycles. The van der Waals surface area contributed by atoms with E-state index in [1.807, 2.05) is 0 Å². The second-order valence-corrected chi connectivity index (χ2v) is 6.65. The average Bonchev–Trinajstić information content (AvgIpc) is 2.60. The maximum absolute atomic E-state index is 11.8. The molecule has 0 fully saturated rings. The Morgan fingerprint density at radius 3 is 2.04 bits per heavy atom. The van der Waals surface area contributed by atoms with E-state index in [-0.39, 0.29) is 23.8 Å². The molecule has 1 aromatic rings. The summed E-state index contributed by atoms with van der Waals surface area (Å²) in [6.45, 7) is 0.679. The van der Waals surface area contributed by atoms with Crippen LogP contribution in [0.1, 0.15) is 69.8 Å². The molecule has 6 heteroatoms. The molecular weight excluding hydrogens is 334 g/mol. The van der Waals surface area contributed by atoms with Crippen molar-refractivity contribution in [3.05, 3.63) is 23.8 Å². The number of carboxylic acids is 1. The molecule has 0 saturated heterocycles. The number of rotatable bonds is 14. The van der Waals surface area contributed by atoms with Gasteiger partial charge in [0.15, 0.2) is 11.5 Å². The van der Waals surface area contributed by atoms with Crippen LogP contribution in [-0.4, -0.2) is 33.7 Å². The number of carbonyl (C=O) groups is 2. The zero-order chi connectivity index (χ0) is 19.2. The monoisotopic (exact) mass is 365 g/mol. The fourth-order valence-corrected chi connectivity index (χ4v) is 2.76. The fraction of sp³-hybridized carbons (Fsp3) is 0.600. The molecule has 0 aromatic heterocycles. The highest BCUT2D eigenvalue weighted by Gasteiger charge is 2.04. The van der Waals surface area contributed by atoms with E-state index in [1.54, 1.807) is 6.07 Å². The third kappa shape index (κ3) is 10.6. The molecule has 0 aliphatic carbocycles. The van der Waals surface area contributed by atoms with Crippen molar-refractivity contribution in [3.8, 4) is 11.5 Å². The summed E-state index contributed by atoms with van der Waals surface area (Å²) in [5.74, 6) is -1.03. The topological polar surface area (TPSA) is 107 Å². The van der Waals surface area contributed by atoms with Crippen LogP contribution in [0.15, 0.2) is 18.2 Å². The first-order chi connectivity index (χ1) is 12.5. The number of unbranched alkanes of at least 4 members (excludes halogenated alkanes) is 7. The Bertz CT molecular complexity index is 559. The molecular formula is C20H31NO5. The number of hydrogen-bond acceptors (Lipinski definition) is 4. The van der Waals surface area contributed by atoms with Crippen LogP contribution in [0.3, 0.4) is 0 Å². The molecule has 1 aromatic carbocycles. The van der Waals surface area contributed by atoms with Crippen LogP contribution in [0.5, 0.6) is 11.5 Å². The molecule has 0 bridgehead atoms. The Morgan fingerprint density at radius 2 is 1.42 bits per heavy atom. The van der Waals surface area contributed by atoms with E-state index in [9.17, 15) is 19.8 Å². The molecule has 0 spiro atoms. The van der Waals surface area contributed by atoms with Crippen molar-refractivity contribution in [2.75, 3.05) is 6.54 Å². The van der Waals surface area contributed by atoms with Gasteiger partial charge >= 0.3 is 5.97 Å². The summed E-state index contributed by atoms with van der Waals surface area (Å²) in [6.07, 6.45) is 9.50. The number of aliphatic carboxylic acids is 1. The third-order valence-corrected chi connectivity index (χ3v) is 4.32. The molecule has 6 nitrogen and oxygen atoms in total. The molecule has 0 heterocycles. The van der Waals surface area contributed by atoms with E-state index in [1.165, 1.54) is 12.1 Å². The molecule has 146 valence electrons. The number of phenolic OH excluding ortho intramolecular Hbond substituents is 2. The lowest BCUT2D eigenvalue weighted by Crippen LogP contribution is -2.24. The Labute approximate surface area is 155 Å². The molecule has 1 rings (SSSR count). The number of hydrogen-bond donors (Lipinski definition) is 4. The number of aryl methyl sites for hydroxylation is 1. The highest BCUT2D eigenvalue weighted by molar-refractivity contribution is 5.76. The van der Waals surface area contributed by atoms with Gasteiger partial charge in [0.25, 0.3) is 0 Å². The van der Waals surface area contributed by atoms with Crippen LogP contribution < -0.4 is 5.32 Å². The normalized spacial score (nSPS) is 10.6. The van der Waals surface area contributed by atoms with Crippen molar-refractivity contribution in [3.63, 3.8) is 0 Å². The first-order valence-corrected chi connectivity index (χ1v) is 9.48. The lowest BCUT2D eigenvalue weighted by Gasteiger charge is -2.06. The Balaban J connectivity index is 1.93. The van der Waals surface area contributed by atoms with Crippen molar-refractivity contribution in [1.29, 1.82) is 0 Å². The summed E-state index contributed by atoms with van der Waals surface area (Å²) >= 11 is 0. The van der Waals surface area contributed by atoms with E-state index in [4.69, 9.17) is 5.11 Å². The van der Waals surface area contributed by atoms with Gasteiger partial charge in [0.1, 0.15) is 0 Å². The number of aromatic hydroxyl groups is 2. The number of carboxylic acid groups (broad SMARTS) is 1. The second kappa shape index (κ2) is 13.0. The van der Waals surface area contributed by atoms with E-state index in [0.717, 1.165) is 56.9 Å². The predicted molar refractivity (Wildman–Crippen MR) is 100 cm³/mol. The van der Waals surface area contributed by atoms with E-state index in [2.05, 4.69) is 5.32 Å². The summed E-state index contributed by atoms with van der Waals surface area (Å²) in [5, 5.41) is 30.1. The lowest BCUT2D eigenvalue weighted by molar-refractivity contribution is -0.137. The van der Waals surface area contributed by atoms with E-state index < -0.39 is 5.97 Å². The van der Waals surface area contributed by atoms with Crippen LogP contribution in [-0.2, 0) is 16.0 Å². The Kier molecular flexibility index (Phi) is 10.9. The molecule has 26 heavy (non-hydrogen) atoms. The van der Waals surface area contributed by atoms with E-state index >= 15 is 0 Å². The fourth-order valence-electron chi connectivity index (χ4n) is 2.76. The zero-order valence-electron chi connectivity index (χ0n) is 15.4. The molecule has 0 atom stereocenters. The molecule has 4 N–H and O–H groups in total. The highest BCUT2D eigenvalue weighted by atomic mass is 16.4. The summed E-state index contributed by atoms with van der Waals surface area (Å²) < 4.78 is 0. The molecule has 0 radical (unpaired) electrons. The molecule has 1 amide bonds. The predicted octanol–water partition coefficient (Wildman–Crippen LogP) is 3.74. The number of benzene rings is 1. The first kappa shape index (κ1) is 21.8. The highest BCUT2D eigenvalue weighted by Crippen LogP contribution is 2.25. The average molecular weight is 365 g/mol. The first-order valence-electron chi connectivity index (χ1n) is 9.48. The Morgan fingerprint density at radius 1 is 0.808 bits per heavy atom. The van der Waals surface area contributed by atoms with Gasteiger partial charge in [-0.1, -0.05) is 44.6 Å².